The van der Waals surface area contributed by atoms with E-state index in [4.69, 9.17) is 0 Å². The first-order valence-corrected chi connectivity index (χ1v) is 4.81. The van der Waals surface area contributed by atoms with Gasteiger partial charge in [0.25, 0.3) is 0 Å². The normalized spacial score (nSPS) is 60.2. The van der Waals surface area contributed by atoms with Gasteiger partial charge in [-0.15, -0.1) is 0 Å². The molecule has 0 aromatic heterocycles. The third-order valence-corrected chi connectivity index (χ3v) is 3.60. The minimum atomic E-state index is -1.56. The quantitative estimate of drug-likeness (QED) is 0.549. The zero-order chi connectivity index (χ0) is 9.32. The second-order valence-electron chi connectivity index (χ2n) is 5.26. The SMILES string of the molecule is FC12C[C]3CC(F)(C1)CC(F)(C3)C2. The summed E-state index contributed by atoms with van der Waals surface area (Å²) in [6.07, 6.45) is 0.707. The van der Waals surface area contributed by atoms with Crippen molar-refractivity contribution in [3.63, 3.8) is 0 Å². The molecule has 0 spiro atoms. The molecule has 0 aliphatic heterocycles. The van der Waals surface area contributed by atoms with Crippen LogP contribution in [-0.4, -0.2) is 17.0 Å². The van der Waals surface area contributed by atoms with Crippen LogP contribution in [0.5, 0.6) is 0 Å². The van der Waals surface area contributed by atoms with Gasteiger partial charge in [0, 0.05) is 19.3 Å². The Morgan fingerprint density at radius 2 is 1.00 bits per heavy atom. The molecule has 0 N–H and O–H groups in total. The summed E-state index contributed by atoms with van der Waals surface area (Å²) in [4.78, 5) is 0. The molecule has 73 valence electrons. The van der Waals surface area contributed by atoms with Gasteiger partial charge in [-0.1, -0.05) is 0 Å². The number of halogens is 3. The molecular formula is C10H12F3. The van der Waals surface area contributed by atoms with Gasteiger partial charge in [0.1, 0.15) is 17.0 Å². The molecule has 4 rings (SSSR count). The molecule has 0 nitrogen and oxygen atoms in total. The van der Waals surface area contributed by atoms with Gasteiger partial charge in [-0.3, -0.25) is 0 Å². The summed E-state index contributed by atoms with van der Waals surface area (Å²) in [6, 6.07) is 0. The van der Waals surface area contributed by atoms with Gasteiger partial charge < -0.3 is 0 Å². The van der Waals surface area contributed by atoms with E-state index in [1.54, 1.807) is 0 Å². The molecule has 4 bridgehead atoms. The maximum Gasteiger partial charge on any atom is 0.117 e. The molecular weight excluding hydrogens is 177 g/mol. The molecule has 4 aliphatic carbocycles. The summed E-state index contributed by atoms with van der Waals surface area (Å²) >= 11 is 0. The molecule has 0 heterocycles. The van der Waals surface area contributed by atoms with Crippen molar-refractivity contribution in [2.45, 2.75) is 55.5 Å². The fraction of sp³-hybridized carbons (Fsp3) is 0.900. The maximum atomic E-state index is 13.9. The number of rotatable bonds is 0. The van der Waals surface area contributed by atoms with Crippen LogP contribution < -0.4 is 0 Å². The Morgan fingerprint density at radius 3 is 1.23 bits per heavy atom. The summed E-state index contributed by atoms with van der Waals surface area (Å²) in [5, 5.41) is 0. The fourth-order valence-electron chi connectivity index (χ4n) is 3.80. The Morgan fingerprint density at radius 1 is 0.692 bits per heavy atom. The second kappa shape index (κ2) is 1.91. The largest absolute Gasteiger partial charge is 0.244 e. The van der Waals surface area contributed by atoms with Gasteiger partial charge in [-0.2, -0.15) is 0 Å². The molecule has 0 amide bonds. The minimum Gasteiger partial charge on any atom is -0.244 e. The highest BCUT2D eigenvalue weighted by molar-refractivity contribution is 5.25. The molecule has 3 heteroatoms. The highest BCUT2D eigenvalue weighted by Crippen LogP contribution is 2.64. The zero-order valence-electron chi connectivity index (χ0n) is 7.38. The molecule has 4 saturated carbocycles. The predicted molar refractivity (Wildman–Crippen MR) is 42.5 cm³/mol. The van der Waals surface area contributed by atoms with E-state index in [0.717, 1.165) is 5.92 Å². The summed E-state index contributed by atoms with van der Waals surface area (Å²) < 4.78 is 41.6. The predicted octanol–water partition coefficient (Wildman–Crippen LogP) is 3.07. The zero-order valence-corrected chi connectivity index (χ0v) is 7.38. The van der Waals surface area contributed by atoms with Crippen LogP contribution in [0.4, 0.5) is 13.2 Å². The van der Waals surface area contributed by atoms with E-state index < -0.39 is 17.0 Å². The average molecular weight is 189 g/mol. The van der Waals surface area contributed by atoms with E-state index in [2.05, 4.69) is 0 Å². The van der Waals surface area contributed by atoms with Gasteiger partial charge in [-0.05, 0) is 25.2 Å². The van der Waals surface area contributed by atoms with Gasteiger partial charge in [0.05, 0.1) is 0 Å². The van der Waals surface area contributed by atoms with E-state index in [1.807, 2.05) is 0 Å². The molecule has 13 heavy (non-hydrogen) atoms. The molecule has 0 aromatic rings. The number of hydrogen-bond donors (Lipinski definition) is 0. The minimum absolute atomic E-state index is 0.0742. The van der Waals surface area contributed by atoms with Crippen LogP contribution in [-0.2, 0) is 0 Å². The molecule has 0 atom stereocenters. The molecule has 4 aliphatic rings. The smallest absolute Gasteiger partial charge is 0.117 e. The standard InChI is InChI=1S/C10H12F3/c11-8-1-7-2-9(12,4-8)6-10(13,3-7)5-8/h1-6H2. The van der Waals surface area contributed by atoms with Crippen LogP contribution in [0.1, 0.15) is 38.5 Å². The lowest BCUT2D eigenvalue weighted by Crippen LogP contribution is -2.60. The Hall–Kier alpha value is -0.210. The third-order valence-electron chi connectivity index (χ3n) is 3.60. The first-order valence-electron chi connectivity index (χ1n) is 4.81. The number of hydrogen-bond acceptors (Lipinski definition) is 0. The molecule has 0 unspecified atom stereocenters. The maximum absolute atomic E-state index is 13.9. The molecule has 4 fully saturated rings. The average Bonchev–Trinajstić information content (AvgIpc) is 1.71. The van der Waals surface area contributed by atoms with Gasteiger partial charge in [0.15, 0.2) is 0 Å². The summed E-state index contributed by atoms with van der Waals surface area (Å²) in [5.74, 6) is 0.774. The molecule has 1 radical (unpaired) electrons. The summed E-state index contributed by atoms with van der Waals surface area (Å²) in [7, 11) is 0. The van der Waals surface area contributed by atoms with E-state index in [0.29, 0.717) is 19.3 Å². The van der Waals surface area contributed by atoms with E-state index in [9.17, 15) is 13.2 Å². The van der Waals surface area contributed by atoms with E-state index >= 15 is 0 Å². The fourth-order valence-corrected chi connectivity index (χ4v) is 3.80. The van der Waals surface area contributed by atoms with Crippen molar-refractivity contribution < 1.29 is 13.2 Å². The van der Waals surface area contributed by atoms with Crippen LogP contribution in [0.15, 0.2) is 0 Å². The first-order chi connectivity index (χ1) is 5.91. The third kappa shape index (κ3) is 1.05. The van der Waals surface area contributed by atoms with Crippen molar-refractivity contribution in [3.8, 4) is 0 Å². The van der Waals surface area contributed by atoms with Crippen LogP contribution in [0, 0.1) is 5.92 Å². The van der Waals surface area contributed by atoms with Crippen molar-refractivity contribution >= 4 is 0 Å². The lowest BCUT2D eigenvalue weighted by Gasteiger charge is -2.57. The summed E-state index contributed by atoms with van der Waals surface area (Å²) in [6.45, 7) is 0. The Balaban J connectivity index is 2.03. The Labute approximate surface area is 75.5 Å². The lowest BCUT2D eigenvalue weighted by atomic mass is 9.52. The van der Waals surface area contributed by atoms with Crippen molar-refractivity contribution in [2.24, 2.45) is 0 Å². The van der Waals surface area contributed by atoms with Crippen molar-refractivity contribution in [1.82, 2.24) is 0 Å². The van der Waals surface area contributed by atoms with Crippen LogP contribution >= 0.6 is 0 Å². The van der Waals surface area contributed by atoms with Crippen LogP contribution in [0.3, 0.4) is 0 Å². The number of alkyl halides is 3. The van der Waals surface area contributed by atoms with Crippen molar-refractivity contribution in [3.05, 3.63) is 5.92 Å². The Bertz CT molecular complexity index is 212. The van der Waals surface area contributed by atoms with Gasteiger partial charge in [0.2, 0.25) is 0 Å². The second-order valence-corrected chi connectivity index (χ2v) is 5.26. The highest BCUT2D eigenvalue weighted by Gasteiger charge is 2.65. The molecule has 0 aromatic carbocycles. The highest BCUT2D eigenvalue weighted by atomic mass is 19.2. The topological polar surface area (TPSA) is 0 Å². The molecule has 0 saturated heterocycles. The first kappa shape index (κ1) is 8.13. The Kier molecular flexibility index (Phi) is 1.20. The van der Waals surface area contributed by atoms with E-state index in [-0.39, 0.29) is 19.3 Å². The monoisotopic (exact) mass is 189 g/mol. The van der Waals surface area contributed by atoms with Crippen LogP contribution in [0.25, 0.3) is 0 Å². The van der Waals surface area contributed by atoms with Gasteiger partial charge in [-0.25, -0.2) is 13.2 Å². The van der Waals surface area contributed by atoms with Crippen molar-refractivity contribution in [1.29, 1.82) is 0 Å². The van der Waals surface area contributed by atoms with E-state index in [1.165, 1.54) is 0 Å². The lowest BCUT2D eigenvalue weighted by molar-refractivity contribution is -0.143. The van der Waals surface area contributed by atoms with Crippen molar-refractivity contribution in [2.75, 3.05) is 0 Å². The summed E-state index contributed by atoms with van der Waals surface area (Å²) in [5.41, 5.74) is -4.69. The van der Waals surface area contributed by atoms with Gasteiger partial charge >= 0.3 is 0 Å². The van der Waals surface area contributed by atoms with Crippen LogP contribution in [0.2, 0.25) is 0 Å².